The first-order valence-corrected chi connectivity index (χ1v) is 7.06. The molecule has 110 valence electrons. The second kappa shape index (κ2) is 6.03. The lowest BCUT2D eigenvalue weighted by atomic mass is 10.1. The van der Waals surface area contributed by atoms with Crippen molar-refractivity contribution >= 4 is 34.1 Å². The number of carbonyl (C=O) groups excluding carboxylic acids is 1. The molecule has 3 rings (SSSR count). The lowest BCUT2D eigenvalue weighted by Crippen LogP contribution is -2.12. The Morgan fingerprint density at radius 3 is 2.73 bits per heavy atom. The van der Waals surface area contributed by atoms with Crippen LogP contribution >= 0.6 is 11.6 Å². The number of hydrogen-bond acceptors (Lipinski definition) is 3. The Morgan fingerprint density at radius 1 is 1.14 bits per heavy atom. The van der Waals surface area contributed by atoms with Crippen LogP contribution in [0.3, 0.4) is 0 Å². The standard InChI is InChI=1S/C17H13ClN2O2/c1-22-15-9-8-14(12-6-4-10-19-16(12)15)20-17(21)11-5-2-3-7-13(11)18/h2-10H,1H3,(H,20,21). The van der Waals surface area contributed by atoms with Crippen LogP contribution in [-0.2, 0) is 0 Å². The molecule has 22 heavy (non-hydrogen) atoms. The predicted molar refractivity (Wildman–Crippen MR) is 87.7 cm³/mol. The van der Waals surface area contributed by atoms with Gasteiger partial charge in [0.1, 0.15) is 11.3 Å². The highest BCUT2D eigenvalue weighted by Gasteiger charge is 2.13. The van der Waals surface area contributed by atoms with E-state index in [0.717, 1.165) is 5.39 Å². The summed E-state index contributed by atoms with van der Waals surface area (Å²) in [6.07, 6.45) is 1.69. The Morgan fingerprint density at radius 2 is 1.95 bits per heavy atom. The quantitative estimate of drug-likeness (QED) is 0.790. The summed E-state index contributed by atoms with van der Waals surface area (Å²) in [7, 11) is 1.59. The van der Waals surface area contributed by atoms with Crippen molar-refractivity contribution in [2.24, 2.45) is 0 Å². The molecule has 1 heterocycles. The number of rotatable bonds is 3. The summed E-state index contributed by atoms with van der Waals surface area (Å²) in [5.74, 6) is 0.396. The van der Waals surface area contributed by atoms with Crippen LogP contribution in [0.1, 0.15) is 10.4 Å². The molecule has 0 radical (unpaired) electrons. The van der Waals surface area contributed by atoms with Crippen molar-refractivity contribution in [2.75, 3.05) is 12.4 Å². The highest BCUT2D eigenvalue weighted by atomic mass is 35.5. The van der Waals surface area contributed by atoms with Gasteiger partial charge in [-0.05, 0) is 36.4 Å². The number of nitrogens with one attached hydrogen (secondary N) is 1. The average Bonchev–Trinajstić information content (AvgIpc) is 2.55. The second-order valence-electron chi connectivity index (χ2n) is 4.65. The van der Waals surface area contributed by atoms with Crippen molar-refractivity contribution < 1.29 is 9.53 Å². The van der Waals surface area contributed by atoms with E-state index < -0.39 is 0 Å². The van der Waals surface area contributed by atoms with Crippen LogP contribution in [0.5, 0.6) is 5.75 Å². The minimum absolute atomic E-state index is 0.263. The summed E-state index contributed by atoms with van der Waals surface area (Å²) in [6, 6.07) is 14.2. The third-order valence-electron chi connectivity index (χ3n) is 3.32. The smallest absolute Gasteiger partial charge is 0.257 e. The number of nitrogens with zero attached hydrogens (tertiary/aromatic N) is 1. The molecule has 2 aromatic carbocycles. The van der Waals surface area contributed by atoms with Crippen LogP contribution in [-0.4, -0.2) is 18.0 Å². The molecule has 0 saturated carbocycles. The van der Waals surface area contributed by atoms with Gasteiger partial charge in [0.05, 0.1) is 23.4 Å². The van der Waals surface area contributed by atoms with Gasteiger partial charge in [0.25, 0.3) is 5.91 Å². The number of fused-ring (bicyclic) bond motifs is 1. The number of halogens is 1. The largest absolute Gasteiger partial charge is 0.494 e. The fourth-order valence-electron chi connectivity index (χ4n) is 2.26. The summed E-state index contributed by atoms with van der Waals surface area (Å²) < 4.78 is 5.29. The Labute approximate surface area is 132 Å². The van der Waals surface area contributed by atoms with Crippen LogP contribution in [0, 0.1) is 0 Å². The highest BCUT2D eigenvalue weighted by molar-refractivity contribution is 6.34. The Hall–Kier alpha value is -2.59. The van der Waals surface area contributed by atoms with Crippen LogP contribution in [0.25, 0.3) is 10.9 Å². The lowest BCUT2D eigenvalue weighted by molar-refractivity contribution is 0.102. The van der Waals surface area contributed by atoms with Crippen LogP contribution in [0.4, 0.5) is 5.69 Å². The molecule has 0 spiro atoms. The molecule has 0 saturated heterocycles. The van der Waals surface area contributed by atoms with E-state index in [-0.39, 0.29) is 5.91 Å². The van der Waals surface area contributed by atoms with Crippen molar-refractivity contribution in [2.45, 2.75) is 0 Å². The molecule has 1 aromatic heterocycles. The van der Waals surface area contributed by atoms with Gasteiger partial charge in [-0.25, -0.2) is 0 Å². The van der Waals surface area contributed by atoms with Gasteiger partial charge in [-0.15, -0.1) is 0 Å². The zero-order chi connectivity index (χ0) is 15.5. The van der Waals surface area contributed by atoms with Gasteiger partial charge in [0, 0.05) is 11.6 Å². The van der Waals surface area contributed by atoms with Gasteiger partial charge in [0.15, 0.2) is 0 Å². The number of aromatic nitrogens is 1. The van der Waals surface area contributed by atoms with Crippen molar-refractivity contribution in [3.8, 4) is 5.75 Å². The number of methoxy groups -OCH3 is 1. The molecule has 0 fully saturated rings. The fraction of sp³-hybridized carbons (Fsp3) is 0.0588. The van der Waals surface area contributed by atoms with E-state index in [1.165, 1.54) is 0 Å². The first kappa shape index (κ1) is 14.4. The van der Waals surface area contributed by atoms with Crippen LogP contribution in [0.2, 0.25) is 5.02 Å². The number of amides is 1. The van der Waals surface area contributed by atoms with Crippen molar-refractivity contribution in [1.82, 2.24) is 4.98 Å². The molecule has 3 aromatic rings. The maximum atomic E-state index is 12.4. The molecule has 5 heteroatoms. The third kappa shape index (κ3) is 2.61. The second-order valence-corrected chi connectivity index (χ2v) is 5.06. The Balaban J connectivity index is 2.01. The highest BCUT2D eigenvalue weighted by Crippen LogP contribution is 2.30. The molecule has 0 aliphatic carbocycles. The Kier molecular flexibility index (Phi) is 3.94. The van der Waals surface area contributed by atoms with E-state index in [9.17, 15) is 4.79 Å². The monoisotopic (exact) mass is 312 g/mol. The molecular formula is C17H13ClN2O2. The zero-order valence-electron chi connectivity index (χ0n) is 11.8. The fourth-order valence-corrected chi connectivity index (χ4v) is 2.48. The molecular weight excluding hydrogens is 300 g/mol. The lowest BCUT2D eigenvalue weighted by Gasteiger charge is -2.11. The molecule has 4 nitrogen and oxygen atoms in total. The Bertz CT molecular complexity index is 849. The first-order valence-electron chi connectivity index (χ1n) is 6.68. The van der Waals surface area contributed by atoms with E-state index in [1.54, 1.807) is 49.7 Å². The topological polar surface area (TPSA) is 51.2 Å². The average molecular weight is 313 g/mol. The summed E-state index contributed by atoms with van der Waals surface area (Å²) in [5.41, 5.74) is 1.79. The van der Waals surface area contributed by atoms with Gasteiger partial charge in [-0.1, -0.05) is 23.7 Å². The number of anilines is 1. The number of hydrogen-bond donors (Lipinski definition) is 1. The van der Waals surface area contributed by atoms with E-state index in [0.29, 0.717) is 27.5 Å². The van der Waals surface area contributed by atoms with Crippen LogP contribution < -0.4 is 10.1 Å². The van der Waals surface area contributed by atoms with Gasteiger partial charge >= 0.3 is 0 Å². The van der Waals surface area contributed by atoms with Gasteiger partial charge in [0.2, 0.25) is 0 Å². The van der Waals surface area contributed by atoms with Gasteiger partial charge in [-0.2, -0.15) is 0 Å². The maximum Gasteiger partial charge on any atom is 0.257 e. The minimum atomic E-state index is -0.263. The van der Waals surface area contributed by atoms with Crippen molar-refractivity contribution in [1.29, 1.82) is 0 Å². The van der Waals surface area contributed by atoms with E-state index in [1.807, 2.05) is 12.1 Å². The molecule has 0 atom stereocenters. The molecule has 1 amide bonds. The maximum absolute atomic E-state index is 12.4. The van der Waals surface area contributed by atoms with E-state index >= 15 is 0 Å². The summed E-state index contributed by atoms with van der Waals surface area (Å²) in [6.45, 7) is 0. The van der Waals surface area contributed by atoms with E-state index in [4.69, 9.17) is 16.3 Å². The first-order chi connectivity index (χ1) is 10.7. The molecule has 0 aliphatic rings. The van der Waals surface area contributed by atoms with Crippen molar-refractivity contribution in [3.63, 3.8) is 0 Å². The third-order valence-corrected chi connectivity index (χ3v) is 3.65. The zero-order valence-corrected chi connectivity index (χ0v) is 12.6. The normalized spacial score (nSPS) is 10.5. The predicted octanol–water partition coefficient (Wildman–Crippen LogP) is 4.15. The molecule has 0 aliphatic heterocycles. The van der Waals surface area contributed by atoms with Crippen LogP contribution in [0.15, 0.2) is 54.7 Å². The summed E-state index contributed by atoms with van der Waals surface area (Å²) in [4.78, 5) is 16.7. The number of carbonyl (C=O) groups is 1. The minimum Gasteiger partial charge on any atom is -0.494 e. The summed E-state index contributed by atoms with van der Waals surface area (Å²) in [5, 5.41) is 4.09. The van der Waals surface area contributed by atoms with Gasteiger partial charge in [-0.3, -0.25) is 9.78 Å². The molecule has 0 unspecified atom stereocenters. The SMILES string of the molecule is COc1ccc(NC(=O)c2ccccc2Cl)c2cccnc12. The van der Waals surface area contributed by atoms with Gasteiger partial charge < -0.3 is 10.1 Å². The van der Waals surface area contributed by atoms with E-state index in [2.05, 4.69) is 10.3 Å². The molecule has 1 N–H and O–H groups in total. The van der Waals surface area contributed by atoms with Crippen molar-refractivity contribution in [3.05, 3.63) is 65.3 Å². The number of ether oxygens (including phenoxy) is 1. The summed E-state index contributed by atoms with van der Waals surface area (Å²) >= 11 is 6.06. The number of pyridine rings is 1. The number of benzene rings is 2. The molecule has 0 bridgehead atoms.